The maximum atomic E-state index is 6.06. The van der Waals surface area contributed by atoms with Crippen LogP contribution in [0.5, 0.6) is 0 Å². The molecular weight excluding hydrogens is 266 g/mol. The molecule has 4 heteroatoms. The molecule has 20 heavy (non-hydrogen) atoms. The molecule has 2 N–H and O–H groups in total. The van der Waals surface area contributed by atoms with Gasteiger partial charge in [0.05, 0.1) is 5.75 Å². The zero-order valence-corrected chi connectivity index (χ0v) is 13.3. The van der Waals surface area contributed by atoms with E-state index in [0.29, 0.717) is 11.7 Å². The monoisotopic (exact) mass is 287 g/mol. The van der Waals surface area contributed by atoms with E-state index in [9.17, 15) is 0 Å². The molecule has 0 saturated heterocycles. The quantitative estimate of drug-likeness (QED) is 0.860. The van der Waals surface area contributed by atoms with Gasteiger partial charge in [0.25, 0.3) is 0 Å². The molecule has 0 aliphatic rings. The van der Waals surface area contributed by atoms with Crippen LogP contribution in [0.1, 0.15) is 42.4 Å². The molecule has 2 aromatic rings. The molecule has 0 amide bonds. The molecule has 0 aliphatic heterocycles. The Morgan fingerprint density at radius 2 is 1.85 bits per heavy atom. The molecule has 0 spiro atoms. The first-order chi connectivity index (χ1) is 9.49. The number of nitrogen functional groups attached to an aromatic ring is 1. The maximum Gasteiger partial charge on any atom is 0.141 e. The Labute approximate surface area is 125 Å². The van der Waals surface area contributed by atoms with Crippen LogP contribution in [-0.4, -0.2) is 9.97 Å². The molecule has 0 bridgehead atoms. The first-order valence-corrected chi connectivity index (χ1v) is 7.79. The molecule has 106 valence electrons. The highest BCUT2D eigenvalue weighted by Gasteiger charge is 2.12. The van der Waals surface area contributed by atoms with Crippen molar-refractivity contribution in [2.24, 2.45) is 0 Å². The summed E-state index contributed by atoms with van der Waals surface area (Å²) in [6.45, 7) is 8.35. The zero-order chi connectivity index (χ0) is 14.7. The Kier molecular flexibility index (Phi) is 4.65. The lowest BCUT2D eigenvalue weighted by atomic mass is 10.0. The number of hydrogen-bond acceptors (Lipinski definition) is 4. The number of nitrogens with zero attached hydrogens (tertiary/aromatic N) is 2. The van der Waals surface area contributed by atoms with Gasteiger partial charge in [-0.25, -0.2) is 9.97 Å². The van der Waals surface area contributed by atoms with Gasteiger partial charge in [0.15, 0.2) is 0 Å². The topological polar surface area (TPSA) is 51.8 Å². The normalized spacial score (nSPS) is 11.1. The van der Waals surface area contributed by atoms with E-state index in [2.05, 4.69) is 55.0 Å². The van der Waals surface area contributed by atoms with E-state index >= 15 is 0 Å². The Hall–Kier alpha value is -1.55. The average molecular weight is 287 g/mol. The SMILES string of the molecule is Cc1ccccc1SCc1nc(C)c(C(C)C)c(N)n1. The molecule has 1 aromatic carbocycles. The van der Waals surface area contributed by atoms with Crippen LogP contribution in [0.3, 0.4) is 0 Å². The average Bonchev–Trinajstić information content (AvgIpc) is 2.36. The number of anilines is 1. The summed E-state index contributed by atoms with van der Waals surface area (Å²) >= 11 is 1.75. The summed E-state index contributed by atoms with van der Waals surface area (Å²) in [5.74, 6) is 2.52. The first-order valence-electron chi connectivity index (χ1n) is 6.80. The predicted molar refractivity (Wildman–Crippen MR) is 86.0 cm³/mol. The number of nitrogens with two attached hydrogens (primary N) is 1. The van der Waals surface area contributed by atoms with Gasteiger partial charge < -0.3 is 5.73 Å². The lowest BCUT2D eigenvalue weighted by molar-refractivity contribution is 0.823. The Morgan fingerprint density at radius 1 is 1.15 bits per heavy atom. The highest BCUT2D eigenvalue weighted by molar-refractivity contribution is 7.98. The fraction of sp³-hybridized carbons (Fsp3) is 0.375. The first kappa shape index (κ1) is 14.9. The van der Waals surface area contributed by atoms with E-state index in [0.717, 1.165) is 22.8 Å². The zero-order valence-electron chi connectivity index (χ0n) is 12.5. The molecule has 2 rings (SSSR count). The Morgan fingerprint density at radius 3 is 2.45 bits per heavy atom. The summed E-state index contributed by atoms with van der Waals surface area (Å²) in [4.78, 5) is 10.3. The molecule has 0 radical (unpaired) electrons. The number of benzene rings is 1. The molecule has 1 aromatic heterocycles. The van der Waals surface area contributed by atoms with Crippen LogP contribution >= 0.6 is 11.8 Å². The van der Waals surface area contributed by atoms with Gasteiger partial charge in [-0.05, 0) is 31.4 Å². The third kappa shape index (κ3) is 3.31. The van der Waals surface area contributed by atoms with Gasteiger partial charge in [-0.2, -0.15) is 0 Å². The van der Waals surface area contributed by atoms with E-state index in [1.54, 1.807) is 11.8 Å². The Bertz CT molecular complexity index is 585. The van der Waals surface area contributed by atoms with Gasteiger partial charge in [0.1, 0.15) is 11.6 Å². The molecule has 0 aliphatic carbocycles. The second kappa shape index (κ2) is 6.27. The summed E-state index contributed by atoms with van der Waals surface area (Å²) in [7, 11) is 0. The van der Waals surface area contributed by atoms with Crippen molar-refractivity contribution in [3.8, 4) is 0 Å². The van der Waals surface area contributed by atoms with E-state index < -0.39 is 0 Å². The predicted octanol–water partition coefficient (Wildman–Crippen LogP) is 4.09. The third-order valence-corrected chi connectivity index (χ3v) is 4.41. The van der Waals surface area contributed by atoms with Gasteiger partial charge in [0, 0.05) is 16.2 Å². The molecule has 0 unspecified atom stereocenters. The van der Waals surface area contributed by atoms with Crippen LogP contribution in [0.2, 0.25) is 0 Å². The van der Waals surface area contributed by atoms with Gasteiger partial charge in [0.2, 0.25) is 0 Å². The molecule has 0 fully saturated rings. The van der Waals surface area contributed by atoms with Gasteiger partial charge >= 0.3 is 0 Å². The second-order valence-electron chi connectivity index (χ2n) is 5.23. The van der Waals surface area contributed by atoms with Crippen molar-refractivity contribution in [3.63, 3.8) is 0 Å². The summed E-state index contributed by atoms with van der Waals surface area (Å²) in [6.07, 6.45) is 0. The minimum atomic E-state index is 0.355. The summed E-state index contributed by atoms with van der Waals surface area (Å²) in [5.41, 5.74) is 9.40. The van der Waals surface area contributed by atoms with Gasteiger partial charge in [-0.1, -0.05) is 32.0 Å². The van der Waals surface area contributed by atoms with Crippen molar-refractivity contribution in [2.45, 2.75) is 44.3 Å². The minimum Gasteiger partial charge on any atom is -0.383 e. The van der Waals surface area contributed by atoms with E-state index in [4.69, 9.17) is 5.73 Å². The fourth-order valence-corrected chi connectivity index (χ4v) is 3.19. The lowest BCUT2D eigenvalue weighted by Gasteiger charge is -2.13. The van der Waals surface area contributed by atoms with Gasteiger partial charge in [-0.15, -0.1) is 11.8 Å². The molecule has 0 atom stereocenters. The number of aryl methyl sites for hydroxylation is 2. The van der Waals surface area contributed by atoms with Crippen molar-refractivity contribution in [2.75, 3.05) is 5.73 Å². The summed E-state index contributed by atoms with van der Waals surface area (Å²) in [5, 5.41) is 0. The summed E-state index contributed by atoms with van der Waals surface area (Å²) < 4.78 is 0. The van der Waals surface area contributed by atoms with E-state index in [1.807, 2.05) is 6.92 Å². The van der Waals surface area contributed by atoms with Crippen LogP contribution < -0.4 is 5.73 Å². The third-order valence-electron chi connectivity index (χ3n) is 3.24. The van der Waals surface area contributed by atoms with Crippen LogP contribution in [0.15, 0.2) is 29.2 Å². The van der Waals surface area contributed by atoms with Crippen LogP contribution in [0.4, 0.5) is 5.82 Å². The largest absolute Gasteiger partial charge is 0.383 e. The molecule has 3 nitrogen and oxygen atoms in total. The summed E-state index contributed by atoms with van der Waals surface area (Å²) in [6, 6.07) is 8.34. The molecule has 0 saturated carbocycles. The number of thioether (sulfide) groups is 1. The van der Waals surface area contributed by atoms with Crippen molar-refractivity contribution in [3.05, 3.63) is 46.9 Å². The number of aromatic nitrogens is 2. The van der Waals surface area contributed by atoms with E-state index in [-0.39, 0.29) is 0 Å². The van der Waals surface area contributed by atoms with Crippen molar-refractivity contribution in [1.82, 2.24) is 9.97 Å². The van der Waals surface area contributed by atoms with E-state index in [1.165, 1.54) is 10.5 Å². The fourth-order valence-electron chi connectivity index (χ4n) is 2.30. The number of hydrogen-bond donors (Lipinski definition) is 1. The van der Waals surface area contributed by atoms with Crippen LogP contribution in [0.25, 0.3) is 0 Å². The lowest BCUT2D eigenvalue weighted by Crippen LogP contribution is -2.08. The van der Waals surface area contributed by atoms with Crippen LogP contribution in [-0.2, 0) is 5.75 Å². The highest BCUT2D eigenvalue weighted by atomic mass is 32.2. The molecular formula is C16H21N3S. The second-order valence-corrected chi connectivity index (χ2v) is 6.25. The number of rotatable bonds is 4. The minimum absolute atomic E-state index is 0.355. The smallest absolute Gasteiger partial charge is 0.141 e. The maximum absolute atomic E-state index is 6.06. The van der Waals surface area contributed by atoms with Crippen molar-refractivity contribution >= 4 is 17.6 Å². The van der Waals surface area contributed by atoms with Gasteiger partial charge in [-0.3, -0.25) is 0 Å². The van der Waals surface area contributed by atoms with Crippen LogP contribution in [0, 0.1) is 13.8 Å². The molecule has 1 heterocycles. The standard InChI is InChI=1S/C16H21N3S/c1-10(2)15-12(4)18-14(19-16(15)17)9-20-13-8-6-5-7-11(13)3/h5-8,10H,9H2,1-4H3,(H2,17,18,19). The van der Waals surface area contributed by atoms with Crippen molar-refractivity contribution in [1.29, 1.82) is 0 Å². The van der Waals surface area contributed by atoms with Crippen molar-refractivity contribution < 1.29 is 0 Å². The Balaban J connectivity index is 2.17. The highest BCUT2D eigenvalue weighted by Crippen LogP contribution is 2.27.